The number of carbonyl (C=O) groups is 4. The van der Waals surface area contributed by atoms with Crippen molar-refractivity contribution >= 4 is 36.3 Å². The van der Waals surface area contributed by atoms with E-state index in [1.165, 1.54) is 13.3 Å². The van der Waals surface area contributed by atoms with Crippen LogP contribution in [0.25, 0.3) is 0 Å². The summed E-state index contributed by atoms with van der Waals surface area (Å²) >= 11 is 3.98. The number of carboxylic acid groups (broad SMARTS) is 1. The first kappa shape index (κ1) is 25.3. The topological polar surface area (TPSA) is 125 Å². The van der Waals surface area contributed by atoms with Crippen molar-refractivity contribution in [1.82, 2.24) is 16.0 Å². The maximum atomic E-state index is 12.9. The average molecular weight is 430 g/mol. The van der Waals surface area contributed by atoms with Crippen LogP contribution in [-0.4, -0.2) is 52.7 Å². The molecule has 1 saturated carbocycles. The molecule has 1 fully saturated rings. The molecule has 1 rings (SSSR count). The van der Waals surface area contributed by atoms with Gasteiger partial charge in [0.1, 0.15) is 18.1 Å². The number of amides is 3. The SMILES string of the molecule is CC[C@H](C)[C@H](NC(C)=O)C(=O)N[C@@H](CC1CCCCC1)C(=O)N[C@@H](CS)C(=O)O. The van der Waals surface area contributed by atoms with Gasteiger partial charge in [-0.15, -0.1) is 0 Å². The molecule has 0 aromatic rings. The minimum Gasteiger partial charge on any atom is -0.480 e. The molecule has 9 heteroatoms. The van der Waals surface area contributed by atoms with Gasteiger partial charge in [-0.1, -0.05) is 52.4 Å². The van der Waals surface area contributed by atoms with Gasteiger partial charge in [0, 0.05) is 12.7 Å². The highest BCUT2D eigenvalue weighted by Gasteiger charge is 2.32. The van der Waals surface area contributed by atoms with Crippen LogP contribution in [-0.2, 0) is 19.2 Å². The van der Waals surface area contributed by atoms with Crippen LogP contribution >= 0.6 is 12.6 Å². The molecule has 0 aliphatic heterocycles. The minimum absolute atomic E-state index is 0.0491. The van der Waals surface area contributed by atoms with E-state index in [0.717, 1.165) is 25.7 Å². The predicted octanol–water partition coefficient (Wildman–Crippen LogP) is 1.49. The third kappa shape index (κ3) is 8.64. The molecule has 8 nitrogen and oxygen atoms in total. The highest BCUT2D eigenvalue weighted by Crippen LogP contribution is 2.27. The lowest BCUT2D eigenvalue weighted by Gasteiger charge is -2.30. The van der Waals surface area contributed by atoms with Gasteiger partial charge in [-0.05, 0) is 18.3 Å². The molecule has 29 heavy (non-hydrogen) atoms. The first-order valence-electron chi connectivity index (χ1n) is 10.4. The van der Waals surface area contributed by atoms with Crippen LogP contribution in [0.3, 0.4) is 0 Å². The molecule has 0 radical (unpaired) electrons. The van der Waals surface area contributed by atoms with Crippen LogP contribution in [0.2, 0.25) is 0 Å². The maximum absolute atomic E-state index is 12.9. The summed E-state index contributed by atoms with van der Waals surface area (Å²) in [6, 6.07) is -2.73. The molecule has 0 spiro atoms. The Morgan fingerprint density at radius 2 is 1.59 bits per heavy atom. The van der Waals surface area contributed by atoms with E-state index in [9.17, 15) is 24.3 Å². The number of thiol groups is 1. The summed E-state index contributed by atoms with van der Waals surface area (Å²) in [6.07, 6.45) is 6.43. The van der Waals surface area contributed by atoms with Crippen molar-refractivity contribution in [3.63, 3.8) is 0 Å². The van der Waals surface area contributed by atoms with Crippen LogP contribution in [0.4, 0.5) is 0 Å². The van der Waals surface area contributed by atoms with Gasteiger partial charge in [-0.25, -0.2) is 4.79 Å². The van der Waals surface area contributed by atoms with Crippen molar-refractivity contribution in [2.45, 2.75) is 83.8 Å². The third-order valence-electron chi connectivity index (χ3n) is 5.58. The quantitative estimate of drug-likeness (QED) is 0.318. The second-order valence-electron chi connectivity index (χ2n) is 7.95. The fraction of sp³-hybridized carbons (Fsp3) is 0.800. The number of carbonyl (C=O) groups excluding carboxylic acids is 3. The van der Waals surface area contributed by atoms with Crippen LogP contribution in [0, 0.1) is 11.8 Å². The first-order chi connectivity index (χ1) is 13.7. The highest BCUT2D eigenvalue weighted by atomic mass is 32.1. The minimum atomic E-state index is -1.17. The molecule has 0 unspecified atom stereocenters. The molecule has 0 heterocycles. The Labute approximate surface area is 178 Å². The second kappa shape index (κ2) is 12.7. The fourth-order valence-corrected chi connectivity index (χ4v) is 3.88. The van der Waals surface area contributed by atoms with Gasteiger partial charge in [0.2, 0.25) is 17.7 Å². The van der Waals surface area contributed by atoms with Crippen molar-refractivity contribution in [3.8, 4) is 0 Å². The molecule has 0 bridgehead atoms. The lowest BCUT2D eigenvalue weighted by atomic mass is 9.84. The maximum Gasteiger partial charge on any atom is 0.327 e. The second-order valence-corrected chi connectivity index (χ2v) is 8.31. The van der Waals surface area contributed by atoms with Crippen molar-refractivity contribution in [3.05, 3.63) is 0 Å². The zero-order valence-corrected chi connectivity index (χ0v) is 18.5. The Morgan fingerprint density at radius 1 is 1.00 bits per heavy atom. The van der Waals surface area contributed by atoms with Crippen molar-refractivity contribution in [2.75, 3.05) is 5.75 Å². The van der Waals surface area contributed by atoms with E-state index < -0.39 is 35.9 Å². The normalized spacial score (nSPS) is 18.8. The highest BCUT2D eigenvalue weighted by molar-refractivity contribution is 7.80. The largest absolute Gasteiger partial charge is 0.480 e. The number of aliphatic carboxylic acids is 1. The summed E-state index contributed by atoms with van der Waals surface area (Å²) in [6.45, 7) is 5.12. The zero-order chi connectivity index (χ0) is 22.0. The summed E-state index contributed by atoms with van der Waals surface area (Å²) in [5, 5.41) is 17.1. The summed E-state index contributed by atoms with van der Waals surface area (Å²) in [5.74, 6) is -2.32. The summed E-state index contributed by atoms with van der Waals surface area (Å²) in [5.41, 5.74) is 0. The average Bonchev–Trinajstić information content (AvgIpc) is 2.69. The van der Waals surface area contributed by atoms with Crippen LogP contribution in [0.5, 0.6) is 0 Å². The van der Waals surface area contributed by atoms with Crippen LogP contribution in [0.1, 0.15) is 65.7 Å². The Kier molecular flexibility index (Phi) is 11.1. The Bertz CT molecular complexity index is 580. The molecule has 4 atom stereocenters. The monoisotopic (exact) mass is 429 g/mol. The standard InChI is InChI=1S/C20H35N3O5S/c1-4-12(2)17(21-13(3)24)19(26)22-15(10-14-8-6-5-7-9-14)18(25)23-16(11-29)20(27)28/h12,14-17,29H,4-11H2,1-3H3,(H,21,24)(H,22,26)(H,23,25)(H,27,28)/t12-,15-,16-,17-/m0/s1. The van der Waals surface area contributed by atoms with Gasteiger partial charge in [-0.3, -0.25) is 14.4 Å². The van der Waals surface area contributed by atoms with Crippen molar-refractivity contribution < 1.29 is 24.3 Å². The van der Waals surface area contributed by atoms with Gasteiger partial charge in [0.15, 0.2) is 0 Å². The molecule has 0 aromatic heterocycles. The van der Waals surface area contributed by atoms with E-state index in [1.807, 2.05) is 13.8 Å². The molecular formula is C20H35N3O5S. The molecule has 3 amide bonds. The number of hydrogen-bond donors (Lipinski definition) is 5. The molecule has 166 valence electrons. The zero-order valence-electron chi connectivity index (χ0n) is 17.6. The molecule has 4 N–H and O–H groups in total. The van der Waals surface area contributed by atoms with Crippen molar-refractivity contribution in [2.24, 2.45) is 11.8 Å². The van der Waals surface area contributed by atoms with E-state index >= 15 is 0 Å². The number of nitrogens with one attached hydrogen (secondary N) is 3. The van der Waals surface area contributed by atoms with E-state index in [2.05, 4.69) is 28.6 Å². The number of rotatable bonds is 11. The summed E-state index contributed by atoms with van der Waals surface area (Å²) in [7, 11) is 0. The Hall–Kier alpha value is -1.77. The van der Waals surface area contributed by atoms with Gasteiger partial charge in [0.05, 0.1) is 0 Å². The molecule has 0 aromatic carbocycles. The van der Waals surface area contributed by atoms with Crippen molar-refractivity contribution in [1.29, 1.82) is 0 Å². The Balaban J connectivity index is 2.95. The number of carboxylic acids is 1. The van der Waals surface area contributed by atoms with Crippen LogP contribution < -0.4 is 16.0 Å². The lowest BCUT2D eigenvalue weighted by Crippen LogP contribution is -2.57. The van der Waals surface area contributed by atoms with Gasteiger partial charge in [0.25, 0.3) is 0 Å². The van der Waals surface area contributed by atoms with Crippen LogP contribution in [0.15, 0.2) is 0 Å². The van der Waals surface area contributed by atoms with E-state index in [1.54, 1.807) is 0 Å². The summed E-state index contributed by atoms with van der Waals surface area (Å²) in [4.78, 5) is 48.5. The first-order valence-corrected chi connectivity index (χ1v) is 11.0. The molecule has 1 aliphatic rings. The van der Waals surface area contributed by atoms with Gasteiger partial charge in [-0.2, -0.15) is 12.6 Å². The Morgan fingerprint density at radius 3 is 2.07 bits per heavy atom. The molecule has 0 saturated heterocycles. The lowest BCUT2D eigenvalue weighted by molar-refractivity contribution is -0.141. The molecular weight excluding hydrogens is 394 g/mol. The number of hydrogen-bond acceptors (Lipinski definition) is 5. The summed E-state index contributed by atoms with van der Waals surface area (Å²) < 4.78 is 0. The fourth-order valence-electron chi connectivity index (χ4n) is 3.63. The van der Waals surface area contributed by atoms with Gasteiger partial charge < -0.3 is 21.1 Å². The molecule has 1 aliphatic carbocycles. The smallest absolute Gasteiger partial charge is 0.327 e. The predicted molar refractivity (Wildman–Crippen MR) is 114 cm³/mol. The van der Waals surface area contributed by atoms with E-state index in [0.29, 0.717) is 18.8 Å². The van der Waals surface area contributed by atoms with E-state index in [-0.39, 0.29) is 17.6 Å². The van der Waals surface area contributed by atoms with Gasteiger partial charge >= 0.3 is 5.97 Å². The third-order valence-corrected chi connectivity index (χ3v) is 5.94. The van der Waals surface area contributed by atoms with E-state index in [4.69, 9.17) is 0 Å².